The van der Waals surface area contributed by atoms with E-state index in [9.17, 15) is 8.78 Å². The summed E-state index contributed by atoms with van der Waals surface area (Å²) in [5, 5.41) is 0. The largest absolute Gasteiger partial charge is 0.497 e. The van der Waals surface area contributed by atoms with Crippen molar-refractivity contribution in [3.8, 4) is 39.5 Å². The van der Waals surface area contributed by atoms with E-state index >= 15 is 0 Å². The molecule has 31 heavy (non-hydrogen) atoms. The van der Waals surface area contributed by atoms with Crippen LogP contribution in [0.1, 0.15) is 32.8 Å². The van der Waals surface area contributed by atoms with E-state index in [1.165, 1.54) is 13.2 Å². The monoisotopic (exact) mass is 428 g/mol. The van der Waals surface area contributed by atoms with Gasteiger partial charge < -0.3 is 14.2 Å². The summed E-state index contributed by atoms with van der Waals surface area (Å²) in [6.45, 7) is 6.05. The molecule has 3 nitrogen and oxygen atoms in total. The third-order valence-electron chi connectivity index (χ3n) is 4.88. The summed E-state index contributed by atoms with van der Waals surface area (Å²) >= 11 is 0. The van der Waals surface area contributed by atoms with E-state index in [2.05, 4.69) is 6.92 Å². The lowest BCUT2D eigenvalue weighted by atomic mass is 9.93. The lowest BCUT2D eigenvalue weighted by molar-refractivity contribution is 0.395. The van der Waals surface area contributed by atoms with Crippen LogP contribution < -0.4 is 14.2 Å². The Morgan fingerprint density at radius 2 is 1.19 bits per heavy atom. The molecule has 0 aliphatic heterocycles. The first-order chi connectivity index (χ1) is 15.0. The summed E-state index contributed by atoms with van der Waals surface area (Å²) in [5.74, 6) is 0.483. The predicted molar refractivity (Wildman–Crippen MR) is 122 cm³/mol. The third kappa shape index (κ3) is 5.35. The Labute approximate surface area is 183 Å². The molecule has 0 saturated heterocycles. The highest BCUT2D eigenvalue weighted by Gasteiger charge is 2.18. The molecule has 0 spiro atoms. The average Bonchev–Trinajstić information content (AvgIpc) is 2.80. The Kier molecular flexibility index (Phi) is 8.86. The summed E-state index contributed by atoms with van der Waals surface area (Å²) in [7, 11) is 4.64. The van der Waals surface area contributed by atoms with Crippen molar-refractivity contribution in [2.75, 3.05) is 21.3 Å². The normalized spacial score (nSPS) is 10.2. The molecule has 3 aromatic rings. The van der Waals surface area contributed by atoms with E-state index in [4.69, 9.17) is 14.2 Å². The molecule has 5 heteroatoms. The fourth-order valence-electron chi connectivity index (χ4n) is 3.42. The highest BCUT2D eigenvalue weighted by molar-refractivity contribution is 5.79. The molecule has 0 fully saturated rings. The standard InChI is InChI=1S/C24H24F2O3.C2H6/c1-5-6-15-11-16(27-2)7-9-18(15)20-13-21(23(26)14-22(20)25)19-10-8-17(28-3)12-24(19)29-4;1-2/h7-14H,5-6H2,1-4H3;1-2H3. The molecular weight excluding hydrogens is 398 g/mol. The van der Waals surface area contributed by atoms with Crippen molar-refractivity contribution < 1.29 is 23.0 Å². The first kappa shape index (κ1) is 24.2. The maximum Gasteiger partial charge on any atom is 0.134 e. The maximum atomic E-state index is 14.8. The van der Waals surface area contributed by atoms with Gasteiger partial charge >= 0.3 is 0 Å². The molecule has 166 valence electrons. The van der Waals surface area contributed by atoms with Crippen LogP contribution in [0.15, 0.2) is 48.5 Å². The van der Waals surface area contributed by atoms with Crippen molar-refractivity contribution in [3.05, 3.63) is 65.7 Å². The Bertz CT molecular complexity index is 1020. The quantitative estimate of drug-likeness (QED) is 0.395. The first-order valence-electron chi connectivity index (χ1n) is 10.4. The summed E-state index contributed by atoms with van der Waals surface area (Å²) in [6.07, 6.45) is 1.65. The molecule has 3 rings (SSSR count). The topological polar surface area (TPSA) is 27.7 Å². The molecule has 0 bridgehead atoms. The Morgan fingerprint density at radius 3 is 1.74 bits per heavy atom. The lowest BCUT2D eigenvalue weighted by Crippen LogP contribution is -1.98. The number of hydrogen-bond donors (Lipinski definition) is 0. The van der Waals surface area contributed by atoms with Crippen LogP contribution in [0.4, 0.5) is 8.78 Å². The van der Waals surface area contributed by atoms with Gasteiger partial charge in [0.15, 0.2) is 0 Å². The Hall–Kier alpha value is -3.08. The minimum atomic E-state index is -0.653. The van der Waals surface area contributed by atoms with Crippen LogP contribution in [0, 0.1) is 11.6 Å². The average molecular weight is 429 g/mol. The molecule has 0 aromatic heterocycles. The van der Waals surface area contributed by atoms with Gasteiger partial charge in [-0.05, 0) is 47.9 Å². The van der Waals surface area contributed by atoms with Gasteiger partial charge in [0, 0.05) is 28.8 Å². The third-order valence-corrected chi connectivity index (χ3v) is 4.88. The molecule has 0 atom stereocenters. The molecule has 0 unspecified atom stereocenters. The maximum absolute atomic E-state index is 14.8. The molecule has 0 aliphatic rings. The molecular formula is C26H30F2O3. The van der Waals surface area contributed by atoms with Gasteiger partial charge in [0.25, 0.3) is 0 Å². The van der Waals surface area contributed by atoms with Crippen molar-refractivity contribution in [1.82, 2.24) is 0 Å². The number of ether oxygens (including phenoxy) is 3. The number of benzene rings is 3. The van der Waals surface area contributed by atoms with Crippen molar-refractivity contribution in [3.63, 3.8) is 0 Å². The Balaban J connectivity index is 0.00000166. The minimum absolute atomic E-state index is 0.263. The molecule has 0 saturated carbocycles. The van der Waals surface area contributed by atoms with Gasteiger partial charge in [0.2, 0.25) is 0 Å². The second-order valence-corrected chi connectivity index (χ2v) is 6.65. The van der Waals surface area contributed by atoms with E-state index < -0.39 is 11.6 Å². The van der Waals surface area contributed by atoms with Gasteiger partial charge in [-0.15, -0.1) is 0 Å². The zero-order chi connectivity index (χ0) is 23.0. The zero-order valence-electron chi connectivity index (χ0n) is 19.0. The number of rotatable bonds is 7. The molecule has 0 N–H and O–H groups in total. The van der Waals surface area contributed by atoms with Crippen molar-refractivity contribution in [2.24, 2.45) is 0 Å². The molecule has 3 aromatic carbocycles. The number of halogens is 2. The van der Waals surface area contributed by atoms with E-state index in [0.717, 1.165) is 30.0 Å². The second kappa shape index (κ2) is 11.3. The molecule has 0 amide bonds. The van der Waals surface area contributed by atoms with Crippen LogP contribution in [-0.4, -0.2) is 21.3 Å². The van der Waals surface area contributed by atoms with Crippen LogP contribution in [0.2, 0.25) is 0 Å². The zero-order valence-corrected chi connectivity index (χ0v) is 19.0. The van der Waals surface area contributed by atoms with Gasteiger partial charge in [0.05, 0.1) is 21.3 Å². The summed E-state index contributed by atoms with van der Waals surface area (Å²) in [5.41, 5.74) is 2.80. The van der Waals surface area contributed by atoms with Crippen molar-refractivity contribution >= 4 is 0 Å². The van der Waals surface area contributed by atoms with Gasteiger partial charge in [-0.3, -0.25) is 0 Å². The summed E-state index contributed by atoms with van der Waals surface area (Å²) in [6, 6.07) is 13.1. The number of aryl methyl sites for hydroxylation is 1. The van der Waals surface area contributed by atoms with Crippen LogP contribution in [0.25, 0.3) is 22.3 Å². The van der Waals surface area contributed by atoms with Gasteiger partial charge in [0.1, 0.15) is 28.9 Å². The van der Waals surface area contributed by atoms with E-state index in [1.807, 2.05) is 26.0 Å². The summed E-state index contributed by atoms with van der Waals surface area (Å²) in [4.78, 5) is 0. The molecule has 0 heterocycles. The highest BCUT2D eigenvalue weighted by Crippen LogP contribution is 2.39. The second-order valence-electron chi connectivity index (χ2n) is 6.65. The minimum Gasteiger partial charge on any atom is -0.497 e. The lowest BCUT2D eigenvalue weighted by Gasteiger charge is -2.16. The molecule has 0 aliphatic carbocycles. The van der Waals surface area contributed by atoms with E-state index in [-0.39, 0.29) is 5.56 Å². The Morgan fingerprint density at radius 1 is 0.645 bits per heavy atom. The SMILES string of the molecule is CC.CCCc1cc(OC)ccc1-c1cc(-c2ccc(OC)cc2OC)c(F)cc1F. The van der Waals surface area contributed by atoms with Gasteiger partial charge in [-0.25, -0.2) is 8.78 Å². The fourth-order valence-corrected chi connectivity index (χ4v) is 3.42. The van der Waals surface area contributed by atoms with Crippen LogP contribution in [0.5, 0.6) is 17.2 Å². The first-order valence-corrected chi connectivity index (χ1v) is 10.4. The van der Waals surface area contributed by atoms with Crippen LogP contribution in [-0.2, 0) is 6.42 Å². The van der Waals surface area contributed by atoms with E-state index in [0.29, 0.717) is 28.4 Å². The predicted octanol–water partition coefficient (Wildman–Crippen LogP) is 7.30. The molecule has 0 radical (unpaired) electrons. The van der Waals surface area contributed by atoms with Gasteiger partial charge in [-0.2, -0.15) is 0 Å². The fraction of sp³-hybridized carbons (Fsp3) is 0.308. The van der Waals surface area contributed by atoms with Crippen LogP contribution >= 0.6 is 0 Å². The number of hydrogen-bond acceptors (Lipinski definition) is 3. The summed E-state index contributed by atoms with van der Waals surface area (Å²) < 4.78 is 45.5. The van der Waals surface area contributed by atoms with E-state index in [1.54, 1.807) is 38.5 Å². The van der Waals surface area contributed by atoms with Gasteiger partial charge in [-0.1, -0.05) is 33.3 Å². The van der Waals surface area contributed by atoms with Crippen molar-refractivity contribution in [1.29, 1.82) is 0 Å². The van der Waals surface area contributed by atoms with Crippen molar-refractivity contribution in [2.45, 2.75) is 33.6 Å². The smallest absolute Gasteiger partial charge is 0.134 e. The number of methoxy groups -OCH3 is 3. The highest BCUT2D eigenvalue weighted by atomic mass is 19.1. The van der Waals surface area contributed by atoms with Crippen LogP contribution in [0.3, 0.4) is 0 Å².